The van der Waals surface area contributed by atoms with E-state index in [1.165, 1.54) is 0 Å². The van der Waals surface area contributed by atoms with E-state index in [9.17, 15) is 5.26 Å². The Balaban J connectivity index is 1.80. The number of rotatable bonds is 3. The minimum absolute atomic E-state index is 0.309. The van der Waals surface area contributed by atoms with Crippen molar-refractivity contribution >= 4 is 0 Å². The summed E-state index contributed by atoms with van der Waals surface area (Å²) in [6.07, 6.45) is 1.71. The molecule has 4 heterocycles. The van der Waals surface area contributed by atoms with E-state index in [4.69, 9.17) is 9.26 Å². The summed E-state index contributed by atoms with van der Waals surface area (Å²) in [5.74, 6) is 2.23. The van der Waals surface area contributed by atoms with Crippen LogP contribution in [0.1, 0.15) is 22.9 Å². The maximum Gasteiger partial charge on any atom is 0.278 e. The number of methoxy groups -OCH3 is 1. The van der Waals surface area contributed by atoms with E-state index >= 15 is 0 Å². The molecule has 0 saturated carbocycles. The molecule has 1 aromatic carbocycles. The van der Waals surface area contributed by atoms with Gasteiger partial charge in [-0.3, -0.25) is 4.57 Å². The SMILES string of the molecule is COCc1nnc2n1Cc1c(-c3nc(C)no3)ncn1-c1ccc(C#N)cc1-2. The van der Waals surface area contributed by atoms with Crippen molar-refractivity contribution in [1.82, 2.24) is 34.5 Å². The second kappa shape index (κ2) is 6.11. The van der Waals surface area contributed by atoms with Crippen molar-refractivity contribution in [3.05, 3.63) is 47.4 Å². The van der Waals surface area contributed by atoms with Gasteiger partial charge in [0.15, 0.2) is 23.2 Å². The van der Waals surface area contributed by atoms with Crippen LogP contribution in [0.15, 0.2) is 29.0 Å². The molecule has 1 aliphatic rings. The third-order valence-corrected chi connectivity index (χ3v) is 4.63. The minimum atomic E-state index is 0.309. The number of nitrogens with zero attached hydrogens (tertiary/aromatic N) is 8. The van der Waals surface area contributed by atoms with Crippen LogP contribution in [-0.2, 0) is 17.9 Å². The number of benzene rings is 1. The molecule has 0 bridgehead atoms. The Kier molecular flexibility index (Phi) is 3.56. The number of imidazole rings is 1. The third kappa shape index (κ3) is 2.34. The van der Waals surface area contributed by atoms with Gasteiger partial charge < -0.3 is 13.8 Å². The summed E-state index contributed by atoms with van der Waals surface area (Å²) in [6, 6.07) is 7.62. The van der Waals surface area contributed by atoms with Crippen molar-refractivity contribution in [2.45, 2.75) is 20.1 Å². The predicted octanol–water partition coefficient (Wildman–Crippen LogP) is 1.87. The van der Waals surface area contributed by atoms with E-state index < -0.39 is 0 Å². The van der Waals surface area contributed by atoms with Gasteiger partial charge >= 0.3 is 0 Å². The quantitative estimate of drug-likeness (QED) is 0.469. The van der Waals surface area contributed by atoms with Crippen molar-refractivity contribution in [2.75, 3.05) is 7.11 Å². The second-order valence-electron chi connectivity index (χ2n) is 6.36. The average Bonchev–Trinajstić information content (AvgIpc) is 3.40. The van der Waals surface area contributed by atoms with Crippen LogP contribution in [0.5, 0.6) is 0 Å². The van der Waals surface area contributed by atoms with Crippen LogP contribution in [0.3, 0.4) is 0 Å². The van der Waals surface area contributed by atoms with Crippen LogP contribution in [-0.4, -0.2) is 41.6 Å². The monoisotopic (exact) mass is 374 g/mol. The number of ether oxygens (including phenoxy) is 1. The lowest BCUT2D eigenvalue weighted by Gasteiger charge is -2.08. The van der Waals surface area contributed by atoms with Gasteiger partial charge in [-0.2, -0.15) is 10.2 Å². The molecule has 1 aliphatic heterocycles. The summed E-state index contributed by atoms with van der Waals surface area (Å²) in [5.41, 5.74) is 3.63. The van der Waals surface area contributed by atoms with Crippen molar-refractivity contribution in [1.29, 1.82) is 5.26 Å². The number of aromatic nitrogens is 7. The molecule has 0 aliphatic carbocycles. The predicted molar refractivity (Wildman–Crippen MR) is 95.1 cm³/mol. The Bertz CT molecular complexity index is 1240. The topological polar surface area (TPSA) is 120 Å². The normalized spacial score (nSPS) is 12.0. The van der Waals surface area contributed by atoms with Gasteiger partial charge in [0.25, 0.3) is 5.89 Å². The Morgan fingerprint density at radius 1 is 1.32 bits per heavy atom. The summed E-state index contributed by atoms with van der Waals surface area (Å²) >= 11 is 0. The molecular formula is C18H14N8O2. The van der Waals surface area contributed by atoms with Crippen LogP contribution in [0.4, 0.5) is 0 Å². The van der Waals surface area contributed by atoms with Crippen LogP contribution >= 0.6 is 0 Å². The number of hydrogen-bond donors (Lipinski definition) is 0. The zero-order valence-electron chi connectivity index (χ0n) is 15.1. The Labute approximate surface area is 159 Å². The zero-order chi connectivity index (χ0) is 19.3. The van der Waals surface area contributed by atoms with Crippen molar-refractivity contribution in [3.63, 3.8) is 0 Å². The minimum Gasteiger partial charge on any atom is -0.377 e. The maximum atomic E-state index is 9.34. The Morgan fingerprint density at radius 3 is 2.96 bits per heavy atom. The molecule has 0 radical (unpaired) electrons. The van der Waals surface area contributed by atoms with Crippen molar-refractivity contribution in [3.8, 4) is 34.7 Å². The third-order valence-electron chi connectivity index (χ3n) is 4.63. The molecule has 3 aromatic heterocycles. The molecule has 0 fully saturated rings. The Hall–Kier alpha value is -3.84. The molecule has 10 heteroatoms. The Morgan fingerprint density at radius 2 is 2.21 bits per heavy atom. The summed E-state index contributed by atoms with van der Waals surface area (Å²) in [7, 11) is 1.61. The van der Waals surface area contributed by atoms with Gasteiger partial charge in [0.2, 0.25) is 0 Å². The highest BCUT2D eigenvalue weighted by Gasteiger charge is 2.28. The lowest BCUT2D eigenvalue weighted by molar-refractivity contribution is 0.174. The van der Waals surface area contributed by atoms with Crippen LogP contribution in [0.2, 0.25) is 0 Å². The fraction of sp³-hybridized carbons (Fsp3) is 0.222. The molecule has 4 aromatic rings. The fourth-order valence-electron chi connectivity index (χ4n) is 3.39. The molecule has 0 unspecified atom stereocenters. The lowest BCUT2D eigenvalue weighted by atomic mass is 10.1. The lowest BCUT2D eigenvalue weighted by Crippen LogP contribution is -2.09. The summed E-state index contributed by atoms with van der Waals surface area (Å²) in [5, 5.41) is 21.8. The number of aryl methyl sites for hydroxylation is 1. The molecule has 0 spiro atoms. The summed E-state index contributed by atoms with van der Waals surface area (Å²) in [4.78, 5) is 8.83. The number of hydrogen-bond acceptors (Lipinski definition) is 8. The second-order valence-corrected chi connectivity index (χ2v) is 6.36. The van der Waals surface area contributed by atoms with Crippen LogP contribution in [0, 0.1) is 18.3 Å². The summed E-state index contributed by atoms with van der Waals surface area (Å²) < 4.78 is 14.5. The molecule has 0 atom stereocenters. The van der Waals surface area contributed by atoms with Crippen LogP contribution < -0.4 is 0 Å². The van der Waals surface area contributed by atoms with E-state index in [0.717, 1.165) is 16.9 Å². The zero-order valence-corrected chi connectivity index (χ0v) is 15.1. The molecule has 10 nitrogen and oxygen atoms in total. The first-order valence-electron chi connectivity index (χ1n) is 8.52. The smallest absolute Gasteiger partial charge is 0.278 e. The molecule has 0 N–H and O–H groups in total. The van der Waals surface area contributed by atoms with Gasteiger partial charge in [0.05, 0.1) is 29.6 Å². The highest BCUT2D eigenvalue weighted by atomic mass is 16.5. The molecule has 28 heavy (non-hydrogen) atoms. The molecular weight excluding hydrogens is 360 g/mol. The highest BCUT2D eigenvalue weighted by Crippen LogP contribution is 2.35. The van der Waals surface area contributed by atoms with E-state index in [1.807, 2.05) is 15.2 Å². The van der Waals surface area contributed by atoms with E-state index in [2.05, 4.69) is 31.4 Å². The molecule has 138 valence electrons. The first-order valence-corrected chi connectivity index (χ1v) is 8.52. The first-order chi connectivity index (χ1) is 13.7. The van der Waals surface area contributed by atoms with Gasteiger partial charge in [-0.25, -0.2) is 4.98 Å². The fourth-order valence-corrected chi connectivity index (χ4v) is 3.39. The number of fused-ring (bicyclic) bond motifs is 5. The van der Waals surface area contributed by atoms with E-state index in [-0.39, 0.29) is 0 Å². The highest BCUT2D eigenvalue weighted by molar-refractivity contribution is 5.72. The molecule has 0 amide bonds. The van der Waals surface area contributed by atoms with Crippen molar-refractivity contribution in [2.24, 2.45) is 0 Å². The van der Waals surface area contributed by atoms with Gasteiger partial charge in [0, 0.05) is 12.7 Å². The number of nitriles is 1. The van der Waals surface area contributed by atoms with Gasteiger partial charge in [-0.1, -0.05) is 5.16 Å². The van der Waals surface area contributed by atoms with Gasteiger partial charge in [-0.15, -0.1) is 10.2 Å². The largest absolute Gasteiger partial charge is 0.377 e. The molecule has 0 saturated heterocycles. The van der Waals surface area contributed by atoms with Gasteiger partial charge in [-0.05, 0) is 25.1 Å². The van der Waals surface area contributed by atoms with Crippen LogP contribution in [0.25, 0.3) is 28.7 Å². The average molecular weight is 374 g/mol. The van der Waals surface area contributed by atoms with E-state index in [0.29, 0.717) is 47.8 Å². The van der Waals surface area contributed by atoms with Crippen molar-refractivity contribution < 1.29 is 9.26 Å². The standard InChI is InChI=1S/C18H14N8O2/c1-10-21-18(28-24-10)16-14-7-25-15(8-27-2)22-23-17(25)12-5-11(6-19)3-4-13(12)26(14)9-20-16/h3-5,9H,7-8H2,1-2H3. The molecule has 5 rings (SSSR count). The maximum absolute atomic E-state index is 9.34. The summed E-state index contributed by atoms with van der Waals surface area (Å²) in [6.45, 7) is 2.51. The van der Waals surface area contributed by atoms with Gasteiger partial charge in [0.1, 0.15) is 12.9 Å². The van der Waals surface area contributed by atoms with E-state index in [1.54, 1.807) is 32.5 Å². The first kappa shape index (κ1) is 16.3.